The van der Waals surface area contributed by atoms with E-state index < -0.39 is 11.8 Å². The number of carboxylic acids is 1. The second-order valence-corrected chi connectivity index (χ2v) is 3.02. The van der Waals surface area contributed by atoms with Crippen LogP contribution in [0, 0.1) is 5.82 Å². The van der Waals surface area contributed by atoms with Crippen molar-refractivity contribution in [2.75, 3.05) is 6.54 Å². The molecule has 0 unspecified atom stereocenters. The molecule has 1 rings (SSSR count). The van der Waals surface area contributed by atoms with Crippen molar-refractivity contribution in [1.82, 2.24) is 0 Å². The van der Waals surface area contributed by atoms with Crippen LogP contribution < -0.4 is 5.73 Å². The second kappa shape index (κ2) is 5.26. The highest BCUT2D eigenvalue weighted by molar-refractivity contribution is 5.92. The summed E-state index contributed by atoms with van der Waals surface area (Å²) in [6.07, 6.45) is 3.93. The Bertz CT molecular complexity index is 388. The van der Waals surface area contributed by atoms with Crippen LogP contribution in [-0.4, -0.2) is 17.6 Å². The lowest BCUT2D eigenvalue weighted by molar-refractivity contribution is 0.0696. The van der Waals surface area contributed by atoms with Crippen LogP contribution in [0.25, 0.3) is 6.08 Å². The fraction of sp³-hybridized carbons (Fsp3) is 0.182. The Morgan fingerprint density at radius 3 is 2.87 bits per heavy atom. The number of carbonyl (C=O) groups is 1. The molecule has 0 spiro atoms. The third kappa shape index (κ3) is 3.18. The third-order valence-corrected chi connectivity index (χ3v) is 1.87. The number of hydrogen-bond acceptors (Lipinski definition) is 2. The standard InChI is InChI=1S/C11H12FNO2/c12-9-4-5-10(11(14)15)8(7-9)3-1-2-6-13/h1,3-5,7H,2,6,13H2,(H,14,15). The normalized spacial score (nSPS) is 10.8. The maximum absolute atomic E-state index is 12.9. The molecule has 0 saturated carbocycles. The van der Waals surface area contributed by atoms with Crippen LogP contribution in [0.4, 0.5) is 4.39 Å². The average Bonchev–Trinajstić information content (AvgIpc) is 2.18. The van der Waals surface area contributed by atoms with Crippen molar-refractivity contribution in [3.63, 3.8) is 0 Å². The van der Waals surface area contributed by atoms with Gasteiger partial charge in [0.15, 0.2) is 0 Å². The summed E-state index contributed by atoms with van der Waals surface area (Å²) in [4.78, 5) is 10.8. The van der Waals surface area contributed by atoms with Gasteiger partial charge in [0.2, 0.25) is 0 Å². The van der Waals surface area contributed by atoms with Crippen molar-refractivity contribution >= 4 is 12.0 Å². The highest BCUT2D eigenvalue weighted by atomic mass is 19.1. The molecule has 0 fully saturated rings. The number of aromatic carboxylic acids is 1. The van der Waals surface area contributed by atoms with Gasteiger partial charge in [-0.2, -0.15) is 0 Å². The van der Waals surface area contributed by atoms with Gasteiger partial charge in [0.05, 0.1) is 5.56 Å². The van der Waals surface area contributed by atoms with E-state index >= 15 is 0 Å². The Kier molecular flexibility index (Phi) is 4.00. The van der Waals surface area contributed by atoms with Crippen LogP contribution in [0.5, 0.6) is 0 Å². The van der Waals surface area contributed by atoms with Crippen LogP contribution in [0.2, 0.25) is 0 Å². The average molecular weight is 209 g/mol. The van der Waals surface area contributed by atoms with Gasteiger partial charge in [0, 0.05) is 0 Å². The molecule has 0 heterocycles. The molecule has 1 aromatic carbocycles. The summed E-state index contributed by atoms with van der Waals surface area (Å²) in [7, 11) is 0. The first kappa shape index (κ1) is 11.4. The van der Waals surface area contributed by atoms with Crippen LogP contribution in [0.15, 0.2) is 24.3 Å². The quantitative estimate of drug-likeness (QED) is 0.795. The summed E-state index contributed by atoms with van der Waals surface area (Å²) in [5, 5.41) is 8.83. The van der Waals surface area contributed by atoms with Crippen molar-refractivity contribution in [3.8, 4) is 0 Å². The number of rotatable bonds is 4. The molecule has 0 aliphatic rings. The number of carboxylic acid groups (broad SMARTS) is 1. The molecular formula is C11H12FNO2. The summed E-state index contributed by atoms with van der Waals surface area (Å²) >= 11 is 0. The number of hydrogen-bond donors (Lipinski definition) is 2. The molecule has 3 N–H and O–H groups in total. The van der Waals surface area contributed by atoms with E-state index in [0.29, 0.717) is 18.5 Å². The van der Waals surface area contributed by atoms with Gasteiger partial charge in [-0.3, -0.25) is 0 Å². The molecule has 0 aliphatic carbocycles. The monoisotopic (exact) mass is 209 g/mol. The predicted octanol–water partition coefficient (Wildman–Crippen LogP) is 1.89. The fourth-order valence-corrected chi connectivity index (χ4v) is 1.17. The Morgan fingerprint density at radius 1 is 1.53 bits per heavy atom. The van der Waals surface area contributed by atoms with Crippen LogP contribution in [0.3, 0.4) is 0 Å². The fourth-order valence-electron chi connectivity index (χ4n) is 1.17. The van der Waals surface area contributed by atoms with Crippen LogP contribution >= 0.6 is 0 Å². The van der Waals surface area contributed by atoms with E-state index in [-0.39, 0.29) is 5.56 Å². The van der Waals surface area contributed by atoms with Gasteiger partial charge in [-0.05, 0) is 36.7 Å². The summed E-state index contributed by atoms with van der Waals surface area (Å²) in [6.45, 7) is 0.480. The lowest BCUT2D eigenvalue weighted by atomic mass is 10.1. The van der Waals surface area contributed by atoms with Gasteiger partial charge in [0.25, 0.3) is 0 Å². The van der Waals surface area contributed by atoms with Gasteiger partial charge in [-0.1, -0.05) is 12.2 Å². The van der Waals surface area contributed by atoms with E-state index in [1.54, 1.807) is 12.2 Å². The molecule has 4 heteroatoms. The van der Waals surface area contributed by atoms with E-state index in [1.165, 1.54) is 12.1 Å². The SMILES string of the molecule is NCCC=Cc1cc(F)ccc1C(=O)O. The maximum Gasteiger partial charge on any atom is 0.336 e. The zero-order valence-corrected chi connectivity index (χ0v) is 8.11. The molecule has 0 bridgehead atoms. The minimum absolute atomic E-state index is 0.0877. The maximum atomic E-state index is 12.9. The number of nitrogens with two attached hydrogens (primary N) is 1. The van der Waals surface area contributed by atoms with E-state index in [4.69, 9.17) is 10.8 Å². The van der Waals surface area contributed by atoms with Gasteiger partial charge < -0.3 is 10.8 Å². The summed E-state index contributed by atoms with van der Waals surface area (Å²) in [6, 6.07) is 3.57. The lowest BCUT2D eigenvalue weighted by Crippen LogP contribution is -2.00. The Labute approximate surface area is 87.0 Å². The minimum atomic E-state index is -1.07. The molecule has 1 aromatic rings. The zero-order chi connectivity index (χ0) is 11.3. The first-order valence-corrected chi connectivity index (χ1v) is 4.54. The van der Waals surface area contributed by atoms with E-state index in [0.717, 1.165) is 6.07 Å². The molecule has 0 radical (unpaired) electrons. The number of benzene rings is 1. The minimum Gasteiger partial charge on any atom is -0.478 e. The van der Waals surface area contributed by atoms with E-state index in [2.05, 4.69) is 0 Å². The molecule has 0 aliphatic heterocycles. The van der Waals surface area contributed by atoms with Crippen LogP contribution in [-0.2, 0) is 0 Å². The topological polar surface area (TPSA) is 63.3 Å². The Hall–Kier alpha value is -1.68. The third-order valence-electron chi connectivity index (χ3n) is 1.87. The zero-order valence-electron chi connectivity index (χ0n) is 8.11. The van der Waals surface area contributed by atoms with Crippen molar-refractivity contribution in [2.45, 2.75) is 6.42 Å². The smallest absolute Gasteiger partial charge is 0.336 e. The first-order chi connectivity index (χ1) is 7.15. The summed E-state index contributed by atoms with van der Waals surface area (Å²) < 4.78 is 12.9. The van der Waals surface area contributed by atoms with Gasteiger partial charge in [0.1, 0.15) is 5.82 Å². The molecule has 0 saturated heterocycles. The van der Waals surface area contributed by atoms with E-state index in [9.17, 15) is 9.18 Å². The van der Waals surface area contributed by atoms with Gasteiger partial charge in [-0.15, -0.1) is 0 Å². The number of halogens is 1. The second-order valence-electron chi connectivity index (χ2n) is 3.02. The van der Waals surface area contributed by atoms with Gasteiger partial charge >= 0.3 is 5.97 Å². The van der Waals surface area contributed by atoms with Crippen molar-refractivity contribution in [3.05, 3.63) is 41.2 Å². The highest BCUT2D eigenvalue weighted by Gasteiger charge is 2.08. The molecule has 0 amide bonds. The molecule has 15 heavy (non-hydrogen) atoms. The molecular weight excluding hydrogens is 197 g/mol. The highest BCUT2D eigenvalue weighted by Crippen LogP contribution is 2.13. The molecule has 0 atom stereocenters. The van der Waals surface area contributed by atoms with E-state index in [1.807, 2.05) is 0 Å². The van der Waals surface area contributed by atoms with Crippen molar-refractivity contribution < 1.29 is 14.3 Å². The summed E-state index contributed by atoms with van der Waals surface area (Å²) in [5.41, 5.74) is 5.72. The molecule has 3 nitrogen and oxygen atoms in total. The molecule has 0 aromatic heterocycles. The van der Waals surface area contributed by atoms with Crippen LogP contribution in [0.1, 0.15) is 22.3 Å². The Balaban J connectivity index is 3.02. The molecule has 80 valence electrons. The Morgan fingerprint density at radius 2 is 2.27 bits per heavy atom. The predicted molar refractivity (Wildman–Crippen MR) is 56.1 cm³/mol. The first-order valence-electron chi connectivity index (χ1n) is 4.54. The largest absolute Gasteiger partial charge is 0.478 e. The lowest BCUT2D eigenvalue weighted by Gasteiger charge is -2.00. The summed E-state index contributed by atoms with van der Waals surface area (Å²) in [5.74, 6) is -1.52. The van der Waals surface area contributed by atoms with Crippen molar-refractivity contribution in [1.29, 1.82) is 0 Å². The van der Waals surface area contributed by atoms with Crippen molar-refractivity contribution in [2.24, 2.45) is 5.73 Å². The van der Waals surface area contributed by atoms with Gasteiger partial charge in [-0.25, -0.2) is 9.18 Å².